The van der Waals surface area contributed by atoms with E-state index < -0.39 is 11.7 Å². The molecule has 8 atom stereocenters. The number of carbonyl (C=O) groups excluding carboxylic acids is 2. The largest absolute Gasteiger partial charge is 0.462 e. The van der Waals surface area contributed by atoms with Crippen molar-refractivity contribution in [3.8, 4) is 0 Å². The topological polar surface area (TPSA) is 72.8 Å². The first-order chi connectivity index (χ1) is 12.5. The van der Waals surface area contributed by atoms with Crippen molar-refractivity contribution >= 4 is 11.9 Å². The first-order valence-corrected chi connectivity index (χ1v) is 10.6. The smallest absolute Gasteiger partial charge is 0.311 e. The SMILES string of the molecule is CC(=O)O[C@@H]1C[C@H]2C(C)(C)CCC[C@]2(C)[C@H]2CC[C@H]3C(=O)O[C@H](O)[C@H]3[C@@]21C. The van der Waals surface area contributed by atoms with Crippen LogP contribution in [-0.4, -0.2) is 29.4 Å². The Bertz CT molecular complexity index is 657. The molecule has 4 rings (SSSR count). The van der Waals surface area contributed by atoms with Crippen molar-refractivity contribution in [1.82, 2.24) is 0 Å². The van der Waals surface area contributed by atoms with E-state index in [1.54, 1.807) is 0 Å². The summed E-state index contributed by atoms with van der Waals surface area (Å²) in [5.41, 5.74) is -0.119. The summed E-state index contributed by atoms with van der Waals surface area (Å²) in [7, 11) is 0. The Kier molecular flexibility index (Phi) is 4.24. The van der Waals surface area contributed by atoms with Gasteiger partial charge in [0.15, 0.2) is 0 Å². The molecule has 4 fully saturated rings. The molecule has 5 nitrogen and oxygen atoms in total. The predicted octanol–water partition coefficient (Wildman–Crippen LogP) is 3.68. The molecule has 3 aliphatic carbocycles. The number of aliphatic hydroxyl groups is 1. The second kappa shape index (κ2) is 5.95. The van der Waals surface area contributed by atoms with Gasteiger partial charge in [-0.2, -0.15) is 0 Å². The highest BCUT2D eigenvalue weighted by Crippen LogP contribution is 2.70. The number of fused-ring (bicyclic) bond motifs is 5. The first-order valence-electron chi connectivity index (χ1n) is 10.6. The van der Waals surface area contributed by atoms with Gasteiger partial charge in [0.2, 0.25) is 6.29 Å². The molecule has 4 aliphatic rings. The highest BCUT2D eigenvalue weighted by atomic mass is 16.6. The van der Waals surface area contributed by atoms with Crippen molar-refractivity contribution in [2.24, 2.45) is 39.9 Å². The Morgan fingerprint density at radius 3 is 2.52 bits per heavy atom. The molecule has 0 aromatic rings. The van der Waals surface area contributed by atoms with Crippen molar-refractivity contribution in [3.05, 3.63) is 0 Å². The van der Waals surface area contributed by atoms with Crippen LogP contribution in [0.1, 0.15) is 73.1 Å². The van der Waals surface area contributed by atoms with Crippen molar-refractivity contribution in [2.45, 2.75) is 85.5 Å². The standard InChI is InChI=1S/C22H34O5/c1-12(23)26-16-11-15-20(2,3)9-6-10-21(15,4)14-8-7-13-17(22(14,16)5)19(25)27-18(13)24/h13-17,19,25H,6-11H2,1-5H3/t13-,14-,15+,16-,17+,19+,21-,22+/m1/s1. The molecular formula is C22H34O5. The first kappa shape index (κ1) is 19.2. The van der Waals surface area contributed by atoms with Crippen LogP contribution in [0.2, 0.25) is 0 Å². The summed E-state index contributed by atoms with van der Waals surface area (Å²) in [6.45, 7) is 10.7. The van der Waals surface area contributed by atoms with Crippen LogP contribution in [0.25, 0.3) is 0 Å². The van der Waals surface area contributed by atoms with Crippen molar-refractivity contribution < 1.29 is 24.2 Å². The minimum Gasteiger partial charge on any atom is -0.462 e. The van der Waals surface area contributed by atoms with Gasteiger partial charge in [0.1, 0.15) is 6.10 Å². The van der Waals surface area contributed by atoms with Crippen LogP contribution in [0.3, 0.4) is 0 Å². The maximum atomic E-state index is 12.3. The lowest BCUT2D eigenvalue weighted by molar-refractivity contribution is -0.248. The normalized spacial score (nSPS) is 50.8. The van der Waals surface area contributed by atoms with Gasteiger partial charge in [-0.15, -0.1) is 0 Å². The lowest BCUT2D eigenvalue weighted by Gasteiger charge is -2.67. The molecule has 0 spiro atoms. The van der Waals surface area contributed by atoms with Crippen LogP contribution in [0.4, 0.5) is 0 Å². The molecule has 5 heteroatoms. The molecule has 1 heterocycles. The predicted molar refractivity (Wildman–Crippen MR) is 99.3 cm³/mol. The average molecular weight is 379 g/mol. The number of aliphatic hydroxyl groups excluding tert-OH is 1. The Morgan fingerprint density at radius 2 is 1.85 bits per heavy atom. The third-order valence-corrected chi connectivity index (χ3v) is 9.04. The molecule has 152 valence electrons. The van der Waals surface area contributed by atoms with Crippen molar-refractivity contribution in [2.75, 3.05) is 0 Å². The van der Waals surface area contributed by atoms with E-state index in [9.17, 15) is 14.7 Å². The summed E-state index contributed by atoms with van der Waals surface area (Å²) >= 11 is 0. The van der Waals surface area contributed by atoms with Crippen LogP contribution in [0.5, 0.6) is 0 Å². The second-order valence-electron chi connectivity index (χ2n) is 10.7. The fraction of sp³-hybridized carbons (Fsp3) is 0.909. The van der Waals surface area contributed by atoms with E-state index in [1.807, 2.05) is 0 Å². The molecule has 27 heavy (non-hydrogen) atoms. The van der Waals surface area contributed by atoms with Crippen LogP contribution >= 0.6 is 0 Å². The fourth-order valence-electron chi connectivity index (χ4n) is 8.05. The number of hydrogen-bond acceptors (Lipinski definition) is 5. The number of carbonyl (C=O) groups is 2. The number of esters is 2. The molecule has 0 radical (unpaired) electrons. The molecule has 0 aromatic carbocycles. The van der Waals surface area contributed by atoms with Crippen molar-refractivity contribution in [3.63, 3.8) is 0 Å². The zero-order valence-electron chi connectivity index (χ0n) is 17.3. The van der Waals surface area contributed by atoms with Crippen LogP contribution in [0, 0.1) is 39.9 Å². The van der Waals surface area contributed by atoms with Gasteiger partial charge in [0.05, 0.1) is 5.92 Å². The average Bonchev–Trinajstić information content (AvgIpc) is 2.84. The lowest BCUT2D eigenvalue weighted by atomic mass is 9.38. The van der Waals surface area contributed by atoms with Crippen LogP contribution in [0.15, 0.2) is 0 Å². The molecule has 0 aromatic heterocycles. The molecule has 3 saturated carbocycles. The maximum absolute atomic E-state index is 12.3. The third-order valence-electron chi connectivity index (χ3n) is 9.04. The maximum Gasteiger partial charge on any atom is 0.311 e. The molecule has 1 N–H and O–H groups in total. The van der Waals surface area contributed by atoms with Crippen LogP contribution < -0.4 is 0 Å². The van der Waals surface area contributed by atoms with E-state index in [4.69, 9.17) is 9.47 Å². The van der Waals surface area contributed by atoms with E-state index in [1.165, 1.54) is 19.8 Å². The Balaban J connectivity index is 1.83. The molecule has 0 bridgehead atoms. The molecular weight excluding hydrogens is 344 g/mol. The van der Waals surface area contributed by atoms with E-state index in [-0.39, 0.29) is 40.7 Å². The van der Waals surface area contributed by atoms with Gasteiger partial charge < -0.3 is 14.6 Å². The second-order valence-corrected chi connectivity index (χ2v) is 10.7. The number of cyclic esters (lactones) is 1. The summed E-state index contributed by atoms with van der Waals surface area (Å²) in [5.74, 6) is -0.373. The summed E-state index contributed by atoms with van der Waals surface area (Å²) in [4.78, 5) is 24.3. The minimum absolute atomic E-state index is 0.128. The summed E-state index contributed by atoms with van der Waals surface area (Å²) in [6, 6.07) is 0. The van der Waals surface area contributed by atoms with Gasteiger partial charge in [0, 0.05) is 18.3 Å². The summed E-state index contributed by atoms with van der Waals surface area (Å²) < 4.78 is 11.2. The van der Waals surface area contributed by atoms with Gasteiger partial charge in [-0.3, -0.25) is 9.59 Å². The molecule has 1 saturated heterocycles. The monoisotopic (exact) mass is 378 g/mol. The fourth-order valence-corrected chi connectivity index (χ4v) is 8.05. The number of ether oxygens (including phenoxy) is 2. The van der Waals surface area contributed by atoms with Gasteiger partial charge in [-0.25, -0.2) is 0 Å². The van der Waals surface area contributed by atoms with Crippen molar-refractivity contribution in [1.29, 1.82) is 0 Å². The quantitative estimate of drug-likeness (QED) is 0.705. The number of hydrogen-bond donors (Lipinski definition) is 1. The van der Waals surface area contributed by atoms with E-state index in [0.29, 0.717) is 11.8 Å². The lowest BCUT2D eigenvalue weighted by Crippen LogP contribution is -2.66. The zero-order chi connectivity index (χ0) is 19.8. The Morgan fingerprint density at radius 1 is 1.15 bits per heavy atom. The van der Waals surface area contributed by atoms with Crippen LogP contribution in [-0.2, 0) is 19.1 Å². The van der Waals surface area contributed by atoms with E-state index in [0.717, 1.165) is 25.7 Å². The van der Waals surface area contributed by atoms with E-state index in [2.05, 4.69) is 27.7 Å². The van der Waals surface area contributed by atoms with Gasteiger partial charge in [0.25, 0.3) is 0 Å². The molecule has 0 amide bonds. The van der Waals surface area contributed by atoms with Gasteiger partial charge in [-0.1, -0.05) is 34.1 Å². The molecule has 0 unspecified atom stereocenters. The Hall–Kier alpha value is -1.10. The highest BCUT2D eigenvalue weighted by molar-refractivity contribution is 5.75. The Labute approximate surface area is 162 Å². The van der Waals surface area contributed by atoms with Gasteiger partial charge in [-0.05, 0) is 54.8 Å². The molecule has 1 aliphatic heterocycles. The number of rotatable bonds is 1. The zero-order valence-corrected chi connectivity index (χ0v) is 17.3. The van der Waals surface area contributed by atoms with Gasteiger partial charge >= 0.3 is 11.9 Å². The third kappa shape index (κ3) is 2.53. The minimum atomic E-state index is -1.09. The summed E-state index contributed by atoms with van der Waals surface area (Å²) in [6.07, 6.45) is 4.68. The van der Waals surface area contributed by atoms with E-state index >= 15 is 0 Å². The highest BCUT2D eigenvalue weighted by Gasteiger charge is 2.70. The summed E-state index contributed by atoms with van der Waals surface area (Å²) in [5, 5.41) is 10.6.